The maximum absolute atomic E-state index is 6.61. The lowest BCUT2D eigenvalue weighted by atomic mass is 9.81. The Hall–Kier alpha value is -2.11. The lowest BCUT2D eigenvalue weighted by Crippen LogP contribution is -2.29. The van der Waals surface area contributed by atoms with Gasteiger partial charge in [0.15, 0.2) is 11.6 Å². The summed E-state index contributed by atoms with van der Waals surface area (Å²) < 4.78 is 2.24. The van der Waals surface area contributed by atoms with Crippen LogP contribution in [-0.2, 0) is 6.54 Å². The number of allylic oxidation sites excluding steroid dienone is 1. The maximum Gasteiger partial charge on any atom is 0.161 e. The van der Waals surface area contributed by atoms with E-state index in [-0.39, 0.29) is 6.04 Å². The van der Waals surface area contributed by atoms with E-state index in [0.29, 0.717) is 35.3 Å². The summed E-state index contributed by atoms with van der Waals surface area (Å²) in [6.45, 7) is 9.95. The van der Waals surface area contributed by atoms with Crippen LogP contribution in [0.15, 0.2) is 16.1 Å². The zero-order valence-electron chi connectivity index (χ0n) is 20.4. The molecule has 2 saturated carbocycles. The zero-order chi connectivity index (χ0) is 22.8. The number of nitrogens with two attached hydrogens (primary N) is 2. The van der Waals surface area contributed by atoms with Crippen LogP contribution < -0.4 is 11.5 Å². The molecule has 0 spiro atoms. The Morgan fingerprint density at radius 2 is 1.88 bits per heavy atom. The molecule has 32 heavy (non-hydrogen) atoms. The molecule has 3 aliphatic rings. The molecule has 0 bridgehead atoms. The largest absolute Gasteiger partial charge is 0.382 e. The quantitative estimate of drug-likeness (QED) is 0.448. The van der Waals surface area contributed by atoms with Gasteiger partial charge >= 0.3 is 0 Å². The van der Waals surface area contributed by atoms with E-state index in [4.69, 9.17) is 26.4 Å². The summed E-state index contributed by atoms with van der Waals surface area (Å²) in [6.07, 6.45) is 14.1. The summed E-state index contributed by atoms with van der Waals surface area (Å²) >= 11 is 0. The van der Waals surface area contributed by atoms with Gasteiger partial charge in [0.05, 0.1) is 6.04 Å². The standard InChI is InChI=1S/C26H42N6/c1-16(2)21-12-13-29-22(14-21)26-31-25(28)23(24(27)30-18(4)20-6-5-7-20)32(26)15-19-10-8-17(3)9-11-19/h13-14,16-21H,5-12,15,28H2,1-4H3,(H2,27,30). The van der Waals surface area contributed by atoms with Gasteiger partial charge in [-0.1, -0.05) is 46.1 Å². The molecule has 1 aromatic heterocycles. The molecule has 0 aromatic carbocycles. The van der Waals surface area contributed by atoms with Crippen LogP contribution >= 0.6 is 0 Å². The summed E-state index contributed by atoms with van der Waals surface area (Å²) in [7, 11) is 0. The van der Waals surface area contributed by atoms with Crippen LogP contribution in [-0.4, -0.2) is 27.6 Å². The van der Waals surface area contributed by atoms with E-state index in [2.05, 4.69) is 38.3 Å². The average Bonchev–Trinajstić information content (AvgIpc) is 3.04. The summed E-state index contributed by atoms with van der Waals surface area (Å²) in [5.74, 6) is 4.98. The lowest BCUT2D eigenvalue weighted by molar-refractivity contribution is 0.263. The van der Waals surface area contributed by atoms with Crippen LogP contribution in [0, 0.1) is 29.6 Å². The van der Waals surface area contributed by atoms with Gasteiger partial charge in [0, 0.05) is 12.8 Å². The molecular weight excluding hydrogens is 396 g/mol. The van der Waals surface area contributed by atoms with Crippen LogP contribution in [0.3, 0.4) is 0 Å². The normalized spacial score (nSPS) is 28.0. The van der Waals surface area contributed by atoms with Crippen molar-refractivity contribution >= 4 is 23.6 Å². The Kier molecular flexibility index (Phi) is 7.06. The summed E-state index contributed by atoms with van der Waals surface area (Å²) in [4.78, 5) is 14.4. The monoisotopic (exact) mass is 438 g/mol. The third-order valence-electron chi connectivity index (χ3n) is 8.05. The van der Waals surface area contributed by atoms with E-state index in [9.17, 15) is 0 Å². The predicted molar refractivity (Wildman–Crippen MR) is 135 cm³/mol. The molecule has 176 valence electrons. The van der Waals surface area contributed by atoms with Gasteiger partial charge in [0.1, 0.15) is 17.2 Å². The van der Waals surface area contributed by atoms with Crippen LogP contribution in [0.4, 0.5) is 5.82 Å². The first kappa shape index (κ1) is 23.1. The van der Waals surface area contributed by atoms with Crippen molar-refractivity contribution < 1.29 is 0 Å². The van der Waals surface area contributed by atoms with Gasteiger partial charge in [-0.3, -0.25) is 9.98 Å². The number of nitrogens with zero attached hydrogens (tertiary/aromatic N) is 4. The van der Waals surface area contributed by atoms with Crippen molar-refractivity contribution in [2.45, 2.75) is 91.6 Å². The lowest BCUT2D eigenvalue weighted by Gasteiger charge is -2.29. The minimum Gasteiger partial charge on any atom is -0.382 e. The topological polar surface area (TPSA) is 94.6 Å². The number of amidine groups is 1. The van der Waals surface area contributed by atoms with E-state index in [1.54, 1.807) is 0 Å². The Balaban J connectivity index is 1.70. The molecule has 2 unspecified atom stereocenters. The number of hydrogen-bond acceptors (Lipinski definition) is 4. The Morgan fingerprint density at radius 1 is 1.16 bits per heavy atom. The average molecular weight is 439 g/mol. The Bertz CT molecular complexity index is 880. The number of imidazole rings is 1. The first-order valence-electron chi connectivity index (χ1n) is 12.8. The third-order valence-corrected chi connectivity index (χ3v) is 8.05. The van der Waals surface area contributed by atoms with Gasteiger partial charge in [-0.05, 0) is 68.6 Å². The summed E-state index contributed by atoms with van der Waals surface area (Å²) in [6, 6.07) is 0.225. The van der Waals surface area contributed by atoms with Crippen molar-refractivity contribution in [3.8, 4) is 0 Å². The van der Waals surface area contributed by atoms with E-state index >= 15 is 0 Å². The molecule has 1 aromatic rings. The number of hydrogen-bond donors (Lipinski definition) is 2. The van der Waals surface area contributed by atoms with Crippen molar-refractivity contribution in [3.63, 3.8) is 0 Å². The molecule has 2 atom stereocenters. The van der Waals surface area contributed by atoms with Crippen molar-refractivity contribution in [2.75, 3.05) is 5.73 Å². The molecular formula is C26H42N6. The van der Waals surface area contributed by atoms with Crippen LogP contribution in [0.5, 0.6) is 0 Å². The third kappa shape index (κ3) is 4.94. The highest BCUT2D eigenvalue weighted by Crippen LogP contribution is 2.34. The molecule has 4 N–H and O–H groups in total. The summed E-state index contributed by atoms with van der Waals surface area (Å²) in [5.41, 5.74) is 14.8. The minimum atomic E-state index is 0.225. The Labute approximate surface area is 193 Å². The molecule has 4 rings (SSSR count). The fraction of sp³-hybridized carbons (Fsp3) is 0.731. The number of anilines is 1. The van der Waals surface area contributed by atoms with Crippen molar-refractivity contribution in [1.29, 1.82) is 0 Å². The second-order valence-corrected chi connectivity index (χ2v) is 10.9. The fourth-order valence-electron chi connectivity index (χ4n) is 5.38. The number of aromatic nitrogens is 2. The highest BCUT2D eigenvalue weighted by atomic mass is 15.2. The number of nitrogen functional groups attached to an aromatic ring is 1. The fourth-order valence-corrected chi connectivity index (χ4v) is 5.38. The predicted octanol–water partition coefficient (Wildman–Crippen LogP) is 5.27. The highest BCUT2D eigenvalue weighted by Gasteiger charge is 2.28. The molecule has 6 heteroatoms. The molecule has 1 aliphatic heterocycles. The van der Waals surface area contributed by atoms with Crippen molar-refractivity contribution in [2.24, 2.45) is 45.3 Å². The molecule has 6 nitrogen and oxygen atoms in total. The molecule has 0 radical (unpaired) electrons. The van der Waals surface area contributed by atoms with Crippen molar-refractivity contribution in [1.82, 2.24) is 9.55 Å². The van der Waals surface area contributed by atoms with Gasteiger partial charge in [-0.25, -0.2) is 4.98 Å². The molecule has 2 heterocycles. The van der Waals surface area contributed by atoms with Crippen LogP contribution in [0.25, 0.3) is 5.70 Å². The SMILES string of the molecule is CC1CCC(Cn2c(C3=CC(C(C)C)CC=N3)nc(N)c2C(N)=NC(C)C2CCC2)CC1. The van der Waals surface area contributed by atoms with E-state index in [1.165, 1.54) is 44.9 Å². The second kappa shape index (κ2) is 9.80. The summed E-state index contributed by atoms with van der Waals surface area (Å²) in [5, 5.41) is 0. The first-order valence-corrected chi connectivity index (χ1v) is 12.8. The van der Waals surface area contributed by atoms with Gasteiger partial charge in [0.2, 0.25) is 0 Å². The molecule has 0 amide bonds. The van der Waals surface area contributed by atoms with Crippen LogP contribution in [0.2, 0.25) is 0 Å². The number of rotatable bonds is 7. The molecule has 0 saturated heterocycles. The van der Waals surface area contributed by atoms with E-state index in [0.717, 1.165) is 36.1 Å². The van der Waals surface area contributed by atoms with E-state index < -0.39 is 0 Å². The van der Waals surface area contributed by atoms with Gasteiger partial charge in [0.25, 0.3) is 0 Å². The van der Waals surface area contributed by atoms with Crippen molar-refractivity contribution in [3.05, 3.63) is 17.6 Å². The number of aliphatic imine (C=N–C) groups is 2. The first-order chi connectivity index (χ1) is 15.3. The van der Waals surface area contributed by atoms with Gasteiger partial charge in [-0.15, -0.1) is 0 Å². The zero-order valence-corrected chi connectivity index (χ0v) is 20.4. The smallest absolute Gasteiger partial charge is 0.161 e. The van der Waals surface area contributed by atoms with Crippen LogP contribution in [0.1, 0.15) is 90.6 Å². The van der Waals surface area contributed by atoms with Gasteiger partial charge in [-0.2, -0.15) is 0 Å². The molecule has 2 aliphatic carbocycles. The van der Waals surface area contributed by atoms with E-state index in [1.807, 2.05) is 6.21 Å². The highest BCUT2D eigenvalue weighted by molar-refractivity contribution is 6.00. The minimum absolute atomic E-state index is 0.225. The Morgan fingerprint density at radius 3 is 2.50 bits per heavy atom. The second-order valence-electron chi connectivity index (χ2n) is 10.9. The van der Waals surface area contributed by atoms with Gasteiger partial charge < -0.3 is 16.0 Å². The maximum atomic E-state index is 6.61. The molecule has 2 fully saturated rings.